The molecule has 2 rings (SSSR count). The second kappa shape index (κ2) is 6.96. The number of nitriles is 1. The largest absolute Gasteiger partial charge is 0.335 e. The lowest BCUT2D eigenvalue weighted by molar-refractivity contribution is -0.201. The van der Waals surface area contributed by atoms with Crippen LogP contribution in [0.1, 0.15) is 19.4 Å². The van der Waals surface area contributed by atoms with Crippen LogP contribution in [0.3, 0.4) is 0 Å². The van der Waals surface area contributed by atoms with E-state index in [9.17, 15) is 5.26 Å². The van der Waals surface area contributed by atoms with Gasteiger partial charge >= 0.3 is 0 Å². The summed E-state index contributed by atoms with van der Waals surface area (Å²) in [6.45, 7) is 4.36. The molecular weight excluding hydrogens is 302 g/mol. The van der Waals surface area contributed by atoms with Crippen LogP contribution in [0.5, 0.6) is 0 Å². The zero-order valence-electron chi connectivity index (χ0n) is 13.1. The average Bonchev–Trinajstić information content (AvgIpc) is 3.13. The zero-order chi connectivity index (χ0) is 16.2. The maximum atomic E-state index is 9.50. The summed E-state index contributed by atoms with van der Waals surface area (Å²) in [5.41, 5.74) is 0.551. The molecule has 2 heterocycles. The molecule has 0 unspecified atom stereocenters. The molecule has 0 bridgehead atoms. The molecule has 118 valence electrons. The van der Waals surface area contributed by atoms with Gasteiger partial charge in [0.1, 0.15) is 6.07 Å². The summed E-state index contributed by atoms with van der Waals surface area (Å²) in [5, 5.41) is 19.2. The fraction of sp³-hybridized carbons (Fsp3) is 0.500. The van der Waals surface area contributed by atoms with Gasteiger partial charge in [0.05, 0.1) is 16.8 Å². The van der Waals surface area contributed by atoms with Crippen molar-refractivity contribution >= 4 is 11.8 Å². The quantitative estimate of drug-likeness (QED) is 0.574. The molecule has 0 saturated heterocycles. The van der Waals surface area contributed by atoms with Crippen molar-refractivity contribution in [3.05, 3.63) is 24.0 Å². The van der Waals surface area contributed by atoms with Crippen LogP contribution in [0.2, 0.25) is 0 Å². The van der Waals surface area contributed by atoms with Crippen molar-refractivity contribution in [2.24, 2.45) is 7.05 Å². The lowest BCUT2D eigenvalue weighted by atomic mass is 10.1. The van der Waals surface area contributed by atoms with Gasteiger partial charge < -0.3 is 9.47 Å². The summed E-state index contributed by atoms with van der Waals surface area (Å²) in [7, 11) is 1.87. The van der Waals surface area contributed by atoms with Gasteiger partial charge in [-0.25, -0.2) is 4.68 Å². The van der Waals surface area contributed by atoms with Crippen LogP contribution in [0.15, 0.2) is 23.5 Å². The molecule has 7 nitrogen and oxygen atoms in total. The van der Waals surface area contributed by atoms with E-state index < -0.39 is 5.79 Å². The number of aryl methyl sites for hydroxylation is 1. The molecule has 22 heavy (non-hydrogen) atoms. The van der Waals surface area contributed by atoms with E-state index in [4.69, 9.17) is 9.47 Å². The van der Waals surface area contributed by atoms with E-state index in [1.54, 1.807) is 33.5 Å². The second-order valence-electron chi connectivity index (χ2n) is 4.44. The van der Waals surface area contributed by atoms with Crippen molar-refractivity contribution < 1.29 is 9.47 Å². The maximum absolute atomic E-state index is 9.50. The minimum atomic E-state index is -1.43. The summed E-state index contributed by atoms with van der Waals surface area (Å²) in [6, 6.07) is 4.03. The van der Waals surface area contributed by atoms with Crippen LogP contribution in [0, 0.1) is 11.3 Å². The van der Waals surface area contributed by atoms with E-state index in [1.807, 2.05) is 33.2 Å². The second-order valence-corrected chi connectivity index (χ2v) is 5.26. The lowest BCUT2D eigenvalue weighted by Gasteiger charge is -2.24. The fourth-order valence-corrected chi connectivity index (χ4v) is 2.63. The predicted octanol–water partition coefficient (Wildman–Crippen LogP) is 2.08. The van der Waals surface area contributed by atoms with Gasteiger partial charge in [-0.15, -0.1) is 11.8 Å². The van der Waals surface area contributed by atoms with E-state index in [-0.39, 0.29) is 0 Å². The number of hydrogen-bond donors (Lipinski definition) is 0. The highest BCUT2D eigenvalue weighted by atomic mass is 32.2. The van der Waals surface area contributed by atoms with E-state index in [2.05, 4.69) is 16.3 Å². The van der Waals surface area contributed by atoms with E-state index in [0.717, 1.165) is 5.03 Å². The Balaban J connectivity index is 2.38. The van der Waals surface area contributed by atoms with Gasteiger partial charge in [0, 0.05) is 32.5 Å². The zero-order valence-corrected chi connectivity index (χ0v) is 13.9. The Kier molecular flexibility index (Phi) is 5.24. The van der Waals surface area contributed by atoms with Crippen molar-refractivity contribution in [3.63, 3.8) is 0 Å². The molecule has 2 aromatic heterocycles. The van der Waals surface area contributed by atoms with Crippen LogP contribution in [0.4, 0.5) is 0 Å². The summed E-state index contributed by atoms with van der Waals surface area (Å²) in [5.74, 6) is -0.753. The molecular formula is C14H19N5O2S. The average molecular weight is 321 g/mol. The number of aromatic nitrogens is 4. The summed E-state index contributed by atoms with van der Waals surface area (Å²) >= 11 is 1.60. The fourth-order valence-electron chi connectivity index (χ4n) is 2.10. The highest BCUT2D eigenvalue weighted by Crippen LogP contribution is 2.27. The van der Waals surface area contributed by atoms with Gasteiger partial charge in [-0.3, -0.25) is 4.68 Å². The first-order valence-corrected chi connectivity index (χ1v) is 8.15. The van der Waals surface area contributed by atoms with E-state index in [0.29, 0.717) is 24.6 Å². The Labute approximate surface area is 133 Å². The third kappa shape index (κ3) is 3.02. The minimum Gasteiger partial charge on any atom is -0.335 e. The van der Waals surface area contributed by atoms with Gasteiger partial charge in [0.2, 0.25) is 0 Å². The molecule has 0 atom stereocenters. The molecule has 0 radical (unpaired) electrons. The predicted molar refractivity (Wildman–Crippen MR) is 82.7 cm³/mol. The van der Waals surface area contributed by atoms with Crippen LogP contribution in [-0.4, -0.2) is 39.0 Å². The van der Waals surface area contributed by atoms with Crippen molar-refractivity contribution in [2.75, 3.05) is 19.5 Å². The third-order valence-corrected chi connectivity index (χ3v) is 3.87. The molecule has 0 saturated carbocycles. The molecule has 8 heteroatoms. The Bertz CT molecular complexity index is 667. The standard InChI is InChI=1S/C14H19N5O2S/c1-5-20-14(10-15,21-6-2)11-8-16-19(9-11)12-7-13(22-4)18(3)17-12/h7-9H,5-6H2,1-4H3. The summed E-state index contributed by atoms with van der Waals surface area (Å²) < 4.78 is 14.5. The Morgan fingerprint density at radius 1 is 1.36 bits per heavy atom. The van der Waals surface area contributed by atoms with Crippen molar-refractivity contribution in [1.29, 1.82) is 5.26 Å². The van der Waals surface area contributed by atoms with Gasteiger partial charge in [0.25, 0.3) is 5.79 Å². The third-order valence-electron chi connectivity index (χ3n) is 3.07. The number of nitrogens with zero attached hydrogens (tertiary/aromatic N) is 5. The molecule has 0 spiro atoms. The summed E-state index contributed by atoms with van der Waals surface area (Å²) in [6.07, 6.45) is 5.27. The highest BCUT2D eigenvalue weighted by molar-refractivity contribution is 7.98. The molecule has 0 N–H and O–H groups in total. The van der Waals surface area contributed by atoms with Crippen LogP contribution >= 0.6 is 11.8 Å². The first kappa shape index (κ1) is 16.5. The van der Waals surface area contributed by atoms with Gasteiger partial charge in [-0.2, -0.15) is 15.5 Å². The molecule has 0 aliphatic heterocycles. The molecule has 0 amide bonds. The van der Waals surface area contributed by atoms with Gasteiger partial charge in [-0.05, 0) is 20.1 Å². The topological polar surface area (TPSA) is 77.9 Å². The lowest BCUT2D eigenvalue weighted by Crippen LogP contribution is -2.31. The van der Waals surface area contributed by atoms with Crippen LogP contribution < -0.4 is 0 Å². The first-order valence-electron chi connectivity index (χ1n) is 6.92. The first-order chi connectivity index (χ1) is 10.6. The summed E-state index contributed by atoms with van der Waals surface area (Å²) in [4.78, 5) is 0. The molecule has 2 aromatic rings. The molecule has 0 aromatic carbocycles. The van der Waals surface area contributed by atoms with Crippen molar-refractivity contribution in [2.45, 2.75) is 24.7 Å². The van der Waals surface area contributed by atoms with E-state index in [1.165, 1.54) is 0 Å². The molecule has 0 aliphatic rings. The monoisotopic (exact) mass is 321 g/mol. The number of ether oxygens (including phenoxy) is 2. The minimum absolute atomic E-state index is 0.360. The van der Waals surface area contributed by atoms with Crippen LogP contribution in [-0.2, 0) is 22.3 Å². The van der Waals surface area contributed by atoms with Crippen molar-refractivity contribution in [3.8, 4) is 11.9 Å². The SMILES string of the molecule is CCOC(C#N)(OCC)c1cnn(-c2cc(SC)n(C)n2)c1. The van der Waals surface area contributed by atoms with Gasteiger partial charge in [-0.1, -0.05) is 0 Å². The maximum Gasteiger partial charge on any atom is 0.290 e. The van der Waals surface area contributed by atoms with Crippen molar-refractivity contribution in [1.82, 2.24) is 19.6 Å². The van der Waals surface area contributed by atoms with Crippen LogP contribution in [0.25, 0.3) is 5.82 Å². The Morgan fingerprint density at radius 2 is 2.05 bits per heavy atom. The highest BCUT2D eigenvalue weighted by Gasteiger charge is 2.36. The number of thioether (sulfide) groups is 1. The number of hydrogen-bond acceptors (Lipinski definition) is 6. The Hall–Kier alpha value is -1.82. The van der Waals surface area contributed by atoms with E-state index >= 15 is 0 Å². The number of rotatable bonds is 7. The Morgan fingerprint density at radius 3 is 2.55 bits per heavy atom. The molecule has 0 fully saturated rings. The smallest absolute Gasteiger partial charge is 0.290 e. The molecule has 0 aliphatic carbocycles. The normalized spacial score (nSPS) is 11.6. The van der Waals surface area contributed by atoms with Gasteiger partial charge in [0.15, 0.2) is 5.82 Å².